The first kappa shape index (κ1) is 18.8. The molecule has 0 fully saturated rings. The van der Waals surface area contributed by atoms with E-state index < -0.39 is 0 Å². The number of hydrogen-bond donors (Lipinski definition) is 2. The molecule has 3 N–H and O–H groups in total. The number of rotatable bonds is 3. The summed E-state index contributed by atoms with van der Waals surface area (Å²) in [5.41, 5.74) is 8.89. The third kappa shape index (κ3) is 3.63. The van der Waals surface area contributed by atoms with E-state index in [9.17, 15) is 4.79 Å². The SMILES string of the molecule is Cc1nn(C(C)(C)C)c2nc(C(C)C)cc(C(=O)Nc3ccc(N)nc3)c12. The summed E-state index contributed by atoms with van der Waals surface area (Å²) in [5, 5.41) is 8.34. The molecule has 3 aromatic heterocycles. The van der Waals surface area contributed by atoms with Crippen molar-refractivity contribution < 1.29 is 4.79 Å². The molecular weight excluding hydrogens is 340 g/mol. The third-order valence-corrected chi connectivity index (χ3v) is 4.35. The van der Waals surface area contributed by atoms with Crippen LogP contribution in [0.3, 0.4) is 0 Å². The van der Waals surface area contributed by atoms with E-state index in [4.69, 9.17) is 10.7 Å². The van der Waals surface area contributed by atoms with Gasteiger partial charge in [0, 0.05) is 5.69 Å². The molecular formula is C20H26N6O. The van der Waals surface area contributed by atoms with Crippen LogP contribution in [-0.2, 0) is 5.54 Å². The first-order valence-electron chi connectivity index (χ1n) is 9.01. The molecule has 3 heterocycles. The van der Waals surface area contributed by atoms with E-state index >= 15 is 0 Å². The van der Waals surface area contributed by atoms with E-state index in [1.165, 1.54) is 0 Å². The number of aryl methyl sites for hydroxylation is 1. The number of carbonyl (C=O) groups is 1. The van der Waals surface area contributed by atoms with Gasteiger partial charge in [0.1, 0.15) is 5.82 Å². The van der Waals surface area contributed by atoms with Crippen LogP contribution < -0.4 is 11.1 Å². The molecule has 0 aliphatic rings. The summed E-state index contributed by atoms with van der Waals surface area (Å²) in [6, 6.07) is 5.24. The van der Waals surface area contributed by atoms with Gasteiger partial charge in [0.25, 0.3) is 5.91 Å². The lowest BCUT2D eigenvalue weighted by Crippen LogP contribution is -2.24. The van der Waals surface area contributed by atoms with Crippen LogP contribution in [0.25, 0.3) is 11.0 Å². The van der Waals surface area contributed by atoms with Crippen LogP contribution in [0.2, 0.25) is 0 Å². The Morgan fingerprint density at radius 3 is 2.52 bits per heavy atom. The van der Waals surface area contributed by atoms with Gasteiger partial charge in [-0.15, -0.1) is 0 Å². The summed E-state index contributed by atoms with van der Waals surface area (Å²) in [4.78, 5) is 21.9. The van der Waals surface area contributed by atoms with Gasteiger partial charge in [-0.25, -0.2) is 14.6 Å². The minimum absolute atomic E-state index is 0.183. The predicted octanol–water partition coefficient (Wildman–Crippen LogP) is 3.85. The molecule has 7 nitrogen and oxygen atoms in total. The van der Waals surface area contributed by atoms with Crippen molar-refractivity contribution in [2.24, 2.45) is 0 Å². The summed E-state index contributed by atoms with van der Waals surface area (Å²) < 4.78 is 1.89. The Labute approximate surface area is 159 Å². The maximum atomic E-state index is 13.1. The maximum absolute atomic E-state index is 13.1. The van der Waals surface area contributed by atoms with E-state index in [-0.39, 0.29) is 17.4 Å². The van der Waals surface area contributed by atoms with Crippen molar-refractivity contribution in [3.8, 4) is 0 Å². The zero-order valence-corrected chi connectivity index (χ0v) is 16.7. The lowest BCUT2D eigenvalue weighted by molar-refractivity contribution is 0.102. The number of pyridine rings is 2. The van der Waals surface area contributed by atoms with E-state index in [2.05, 4.69) is 50.0 Å². The maximum Gasteiger partial charge on any atom is 0.256 e. The average Bonchev–Trinajstić information content (AvgIpc) is 2.93. The molecule has 0 atom stereocenters. The fourth-order valence-electron chi connectivity index (χ4n) is 2.93. The molecule has 1 amide bonds. The molecule has 0 aliphatic carbocycles. The Kier molecular flexibility index (Phi) is 4.63. The normalized spacial score (nSPS) is 12.0. The van der Waals surface area contributed by atoms with Gasteiger partial charge >= 0.3 is 0 Å². The van der Waals surface area contributed by atoms with Gasteiger partial charge < -0.3 is 11.1 Å². The zero-order chi connectivity index (χ0) is 19.9. The van der Waals surface area contributed by atoms with Crippen molar-refractivity contribution in [1.29, 1.82) is 0 Å². The number of hydrogen-bond acceptors (Lipinski definition) is 5. The number of nitrogens with zero attached hydrogens (tertiary/aromatic N) is 4. The second kappa shape index (κ2) is 6.64. The van der Waals surface area contributed by atoms with Crippen molar-refractivity contribution in [3.63, 3.8) is 0 Å². The second-order valence-corrected chi connectivity index (χ2v) is 8.04. The van der Waals surface area contributed by atoms with Crippen LogP contribution >= 0.6 is 0 Å². The summed E-state index contributed by atoms with van der Waals surface area (Å²) >= 11 is 0. The van der Waals surface area contributed by atoms with Gasteiger partial charge in [0.2, 0.25) is 0 Å². The number of aromatic nitrogens is 4. The minimum Gasteiger partial charge on any atom is -0.384 e. The van der Waals surface area contributed by atoms with E-state index in [0.717, 1.165) is 22.4 Å². The lowest BCUT2D eigenvalue weighted by atomic mass is 10.0. The number of anilines is 2. The predicted molar refractivity (Wildman–Crippen MR) is 108 cm³/mol. The summed E-state index contributed by atoms with van der Waals surface area (Å²) in [7, 11) is 0. The molecule has 0 radical (unpaired) electrons. The standard InChI is InChI=1S/C20H26N6O/c1-11(2)15-9-14(19(27)23-13-7-8-16(21)22-10-13)17-12(3)25-26(18(17)24-15)20(4,5)6/h7-11H,1-6H3,(H2,21,22)(H,23,27). The van der Waals surface area contributed by atoms with Crippen LogP contribution in [0.1, 0.15) is 62.3 Å². The first-order valence-corrected chi connectivity index (χ1v) is 9.01. The Morgan fingerprint density at radius 2 is 1.96 bits per heavy atom. The molecule has 0 aromatic carbocycles. The highest BCUT2D eigenvalue weighted by atomic mass is 16.1. The van der Waals surface area contributed by atoms with Crippen LogP contribution in [0.4, 0.5) is 11.5 Å². The van der Waals surface area contributed by atoms with Crippen molar-refractivity contribution in [3.05, 3.63) is 41.3 Å². The average molecular weight is 366 g/mol. The van der Waals surface area contributed by atoms with Crippen molar-refractivity contribution in [2.75, 3.05) is 11.1 Å². The largest absolute Gasteiger partial charge is 0.384 e. The Morgan fingerprint density at radius 1 is 1.26 bits per heavy atom. The molecule has 0 unspecified atom stereocenters. The highest BCUT2D eigenvalue weighted by Crippen LogP contribution is 2.29. The van der Waals surface area contributed by atoms with Crippen LogP contribution in [0.5, 0.6) is 0 Å². The van der Waals surface area contributed by atoms with Gasteiger partial charge in [-0.3, -0.25) is 4.79 Å². The first-order chi connectivity index (χ1) is 12.6. The van der Waals surface area contributed by atoms with Crippen molar-refractivity contribution in [2.45, 2.75) is 53.0 Å². The monoisotopic (exact) mass is 366 g/mol. The number of carbonyl (C=O) groups excluding carboxylic acids is 1. The van der Waals surface area contributed by atoms with E-state index in [0.29, 0.717) is 17.1 Å². The Balaban J connectivity index is 2.17. The molecule has 0 spiro atoms. The number of fused-ring (bicyclic) bond motifs is 1. The molecule has 0 bridgehead atoms. The smallest absolute Gasteiger partial charge is 0.256 e. The van der Waals surface area contributed by atoms with Gasteiger partial charge in [-0.1, -0.05) is 13.8 Å². The van der Waals surface area contributed by atoms with Gasteiger partial charge in [-0.05, 0) is 51.8 Å². The fourth-order valence-corrected chi connectivity index (χ4v) is 2.93. The van der Waals surface area contributed by atoms with Crippen LogP contribution in [0.15, 0.2) is 24.4 Å². The Bertz CT molecular complexity index is 996. The second-order valence-electron chi connectivity index (χ2n) is 8.04. The summed E-state index contributed by atoms with van der Waals surface area (Å²) in [5.74, 6) is 0.374. The molecule has 7 heteroatoms. The highest BCUT2D eigenvalue weighted by Gasteiger charge is 2.25. The number of nitrogens with one attached hydrogen (secondary N) is 1. The fraction of sp³-hybridized carbons (Fsp3) is 0.400. The third-order valence-electron chi connectivity index (χ3n) is 4.35. The highest BCUT2D eigenvalue weighted by molar-refractivity contribution is 6.12. The quantitative estimate of drug-likeness (QED) is 0.733. The molecule has 3 aromatic rings. The molecule has 142 valence electrons. The van der Waals surface area contributed by atoms with Crippen molar-refractivity contribution in [1.82, 2.24) is 19.7 Å². The molecule has 0 saturated carbocycles. The number of nitrogen functional groups attached to an aromatic ring is 1. The molecule has 3 rings (SSSR count). The topological polar surface area (TPSA) is 98.7 Å². The summed E-state index contributed by atoms with van der Waals surface area (Å²) in [6.45, 7) is 12.2. The van der Waals surface area contributed by atoms with Crippen LogP contribution in [0, 0.1) is 6.92 Å². The van der Waals surface area contributed by atoms with Crippen molar-refractivity contribution >= 4 is 28.4 Å². The van der Waals surface area contributed by atoms with E-state index in [1.807, 2.05) is 17.7 Å². The number of nitrogens with two attached hydrogens (primary N) is 1. The summed E-state index contributed by atoms with van der Waals surface area (Å²) in [6.07, 6.45) is 1.54. The zero-order valence-electron chi connectivity index (χ0n) is 16.7. The lowest BCUT2D eigenvalue weighted by Gasteiger charge is -2.20. The van der Waals surface area contributed by atoms with Gasteiger partial charge in [0.15, 0.2) is 5.65 Å². The number of amides is 1. The molecule has 0 aliphatic heterocycles. The van der Waals surface area contributed by atoms with Gasteiger partial charge in [0.05, 0.1) is 34.1 Å². The molecule has 27 heavy (non-hydrogen) atoms. The Hall–Kier alpha value is -2.96. The minimum atomic E-state index is -0.246. The van der Waals surface area contributed by atoms with Gasteiger partial charge in [-0.2, -0.15) is 5.10 Å². The molecule has 0 saturated heterocycles. The van der Waals surface area contributed by atoms with E-state index in [1.54, 1.807) is 18.3 Å². The van der Waals surface area contributed by atoms with Crippen LogP contribution in [-0.4, -0.2) is 25.7 Å².